The van der Waals surface area contributed by atoms with Crippen LogP contribution in [0.4, 0.5) is 4.39 Å². The van der Waals surface area contributed by atoms with Crippen molar-refractivity contribution >= 4 is 10.8 Å². The molecule has 0 heterocycles. The topological polar surface area (TPSA) is 17.1 Å². The number of benzene rings is 1. The van der Waals surface area contributed by atoms with Crippen LogP contribution in [0.3, 0.4) is 0 Å². The molecule has 0 amide bonds. The summed E-state index contributed by atoms with van der Waals surface area (Å²) in [5, 5.41) is 1.35. The van der Waals surface area contributed by atoms with E-state index < -0.39 is 10.8 Å². The fourth-order valence-electron chi connectivity index (χ4n) is 0.850. The molecule has 0 aliphatic carbocycles. The van der Waals surface area contributed by atoms with Gasteiger partial charge in [0.2, 0.25) is 0 Å². The Morgan fingerprint density at radius 1 is 1.58 bits per heavy atom. The van der Waals surface area contributed by atoms with E-state index in [1.165, 1.54) is 17.5 Å². The van der Waals surface area contributed by atoms with Crippen LogP contribution in [-0.4, -0.2) is 4.21 Å². The molecule has 1 nitrogen and oxygen atoms in total. The standard InChI is InChI=1S/C9H9FOS/c1-2-12(11)7-8-4-3-5-9(10)6-8/h2-6H,1,7H2. The van der Waals surface area contributed by atoms with Crippen molar-refractivity contribution in [2.45, 2.75) is 5.75 Å². The van der Waals surface area contributed by atoms with Gasteiger partial charge in [-0.15, -0.1) is 0 Å². The van der Waals surface area contributed by atoms with Crippen molar-refractivity contribution in [2.24, 2.45) is 0 Å². The van der Waals surface area contributed by atoms with E-state index >= 15 is 0 Å². The van der Waals surface area contributed by atoms with Gasteiger partial charge in [0.15, 0.2) is 0 Å². The lowest BCUT2D eigenvalue weighted by Gasteiger charge is -1.97. The average Bonchev–Trinajstić information content (AvgIpc) is 2.04. The Hall–Kier alpha value is -0.960. The summed E-state index contributed by atoms with van der Waals surface area (Å²) in [6, 6.07) is 6.08. The van der Waals surface area contributed by atoms with Crippen LogP contribution in [0.25, 0.3) is 0 Å². The summed E-state index contributed by atoms with van der Waals surface area (Å²) >= 11 is 0. The Balaban J connectivity index is 2.76. The molecular formula is C9H9FOS. The highest BCUT2D eigenvalue weighted by Crippen LogP contribution is 2.06. The molecule has 0 N–H and O–H groups in total. The summed E-state index contributed by atoms with van der Waals surface area (Å²) in [5.41, 5.74) is 0.730. The summed E-state index contributed by atoms with van der Waals surface area (Å²) in [6.45, 7) is 3.39. The maximum atomic E-state index is 12.6. The number of halogens is 1. The molecule has 0 fully saturated rings. The quantitative estimate of drug-likeness (QED) is 0.704. The Labute approximate surface area is 73.4 Å². The second-order valence-corrected chi connectivity index (χ2v) is 3.71. The van der Waals surface area contributed by atoms with E-state index in [0.717, 1.165) is 5.56 Å². The lowest BCUT2D eigenvalue weighted by atomic mass is 10.2. The molecule has 1 aromatic carbocycles. The zero-order valence-corrected chi connectivity index (χ0v) is 7.31. The molecule has 0 bridgehead atoms. The first kappa shape index (κ1) is 9.13. The fraction of sp³-hybridized carbons (Fsp3) is 0.111. The van der Waals surface area contributed by atoms with Gasteiger partial charge in [0.1, 0.15) is 5.82 Å². The van der Waals surface area contributed by atoms with Gasteiger partial charge in [0.05, 0.1) is 5.75 Å². The normalized spacial score (nSPS) is 12.4. The first-order valence-electron chi connectivity index (χ1n) is 3.46. The van der Waals surface area contributed by atoms with E-state index in [2.05, 4.69) is 6.58 Å². The van der Waals surface area contributed by atoms with Crippen LogP contribution >= 0.6 is 0 Å². The van der Waals surface area contributed by atoms with E-state index in [-0.39, 0.29) is 5.82 Å². The highest BCUT2D eigenvalue weighted by atomic mass is 32.2. The van der Waals surface area contributed by atoms with Crippen molar-refractivity contribution in [2.75, 3.05) is 0 Å². The number of hydrogen-bond acceptors (Lipinski definition) is 1. The maximum absolute atomic E-state index is 12.6. The monoisotopic (exact) mass is 184 g/mol. The first-order valence-corrected chi connectivity index (χ1v) is 4.85. The van der Waals surface area contributed by atoms with Crippen LogP contribution in [0.5, 0.6) is 0 Å². The zero-order valence-electron chi connectivity index (χ0n) is 6.50. The summed E-state index contributed by atoms with van der Waals surface area (Å²) in [4.78, 5) is 0. The van der Waals surface area contributed by atoms with Gasteiger partial charge >= 0.3 is 0 Å². The van der Waals surface area contributed by atoms with Crippen molar-refractivity contribution in [1.29, 1.82) is 0 Å². The SMILES string of the molecule is C=CS(=O)Cc1cccc(F)c1. The van der Waals surface area contributed by atoms with Crippen molar-refractivity contribution in [3.8, 4) is 0 Å². The highest BCUT2D eigenvalue weighted by Gasteiger charge is 1.97. The molecule has 64 valence electrons. The third kappa shape index (κ3) is 2.58. The van der Waals surface area contributed by atoms with Gasteiger partial charge in [-0.3, -0.25) is 4.21 Å². The molecule has 3 heteroatoms. The van der Waals surface area contributed by atoms with E-state index in [1.807, 2.05) is 0 Å². The molecule has 1 atom stereocenters. The summed E-state index contributed by atoms with van der Waals surface area (Å²) in [5.74, 6) is 0.0370. The minimum Gasteiger partial charge on any atom is -0.255 e. The van der Waals surface area contributed by atoms with Gasteiger partial charge in [-0.05, 0) is 23.1 Å². The summed E-state index contributed by atoms with van der Waals surface area (Å²) in [7, 11) is -1.09. The van der Waals surface area contributed by atoms with Crippen molar-refractivity contribution in [3.05, 3.63) is 47.6 Å². The van der Waals surface area contributed by atoms with Gasteiger partial charge < -0.3 is 0 Å². The van der Waals surface area contributed by atoms with Crippen LogP contribution in [-0.2, 0) is 16.6 Å². The van der Waals surface area contributed by atoms with E-state index in [1.54, 1.807) is 12.1 Å². The Bertz CT molecular complexity index is 309. The second-order valence-electron chi connectivity index (χ2n) is 2.32. The molecular weight excluding hydrogens is 175 g/mol. The van der Waals surface area contributed by atoms with Gasteiger partial charge in [0, 0.05) is 10.8 Å². The van der Waals surface area contributed by atoms with Gasteiger partial charge in [-0.1, -0.05) is 18.7 Å². The second kappa shape index (κ2) is 4.16. The maximum Gasteiger partial charge on any atom is 0.123 e. The number of hydrogen-bond donors (Lipinski definition) is 0. The van der Waals surface area contributed by atoms with Crippen LogP contribution in [0.2, 0.25) is 0 Å². The molecule has 12 heavy (non-hydrogen) atoms. The van der Waals surface area contributed by atoms with Crippen molar-refractivity contribution in [1.82, 2.24) is 0 Å². The minimum atomic E-state index is -1.09. The van der Waals surface area contributed by atoms with E-state index in [0.29, 0.717) is 5.75 Å². The molecule has 0 spiro atoms. The van der Waals surface area contributed by atoms with Crippen LogP contribution in [0.1, 0.15) is 5.56 Å². The van der Waals surface area contributed by atoms with E-state index in [9.17, 15) is 8.60 Å². The van der Waals surface area contributed by atoms with Gasteiger partial charge in [-0.2, -0.15) is 0 Å². The lowest BCUT2D eigenvalue weighted by molar-refractivity contribution is 0.626. The molecule has 0 radical (unpaired) electrons. The Morgan fingerprint density at radius 3 is 2.92 bits per heavy atom. The highest BCUT2D eigenvalue weighted by molar-refractivity contribution is 7.87. The third-order valence-electron chi connectivity index (χ3n) is 1.38. The zero-order chi connectivity index (χ0) is 8.97. The third-order valence-corrected chi connectivity index (χ3v) is 2.37. The predicted octanol–water partition coefficient (Wildman–Crippen LogP) is 2.22. The Kier molecular flexibility index (Phi) is 3.17. The van der Waals surface area contributed by atoms with Crippen molar-refractivity contribution < 1.29 is 8.60 Å². The minimum absolute atomic E-state index is 0.298. The lowest BCUT2D eigenvalue weighted by Crippen LogP contribution is -1.91. The first-order chi connectivity index (χ1) is 5.72. The van der Waals surface area contributed by atoms with Crippen LogP contribution < -0.4 is 0 Å². The molecule has 0 aliphatic heterocycles. The summed E-state index contributed by atoms with van der Waals surface area (Å²) < 4.78 is 23.6. The Morgan fingerprint density at radius 2 is 2.33 bits per heavy atom. The summed E-state index contributed by atoms with van der Waals surface area (Å²) in [6.07, 6.45) is 0. The molecule has 0 saturated carbocycles. The van der Waals surface area contributed by atoms with E-state index in [4.69, 9.17) is 0 Å². The molecule has 0 aromatic heterocycles. The fourth-order valence-corrected chi connectivity index (χ4v) is 1.48. The van der Waals surface area contributed by atoms with Crippen molar-refractivity contribution in [3.63, 3.8) is 0 Å². The van der Waals surface area contributed by atoms with Gasteiger partial charge in [0.25, 0.3) is 0 Å². The van der Waals surface area contributed by atoms with Crippen LogP contribution in [0, 0.1) is 5.82 Å². The van der Waals surface area contributed by atoms with Gasteiger partial charge in [-0.25, -0.2) is 4.39 Å². The smallest absolute Gasteiger partial charge is 0.123 e. The molecule has 0 aliphatic rings. The number of rotatable bonds is 3. The molecule has 1 aromatic rings. The molecule has 0 saturated heterocycles. The molecule has 1 rings (SSSR count). The predicted molar refractivity (Wildman–Crippen MR) is 48.4 cm³/mol. The molecule has 1 unspecified atom stereocenters. The largest absolute Gasteiger partial charge is 0.255 e. The average molecular weight is 184 g/mol. The van der Waals surface area contributed by atoms with Crippen LogP contribution in [0.15, 0.2) is 36.3 Å².